The van der Waals surface area contributed by atoms with Crippen LogP contribution in [0.1, 0.15) is 18.1 Å². The normalized spacial score (nSPS) is 12.8. The number of halogens is 1. The summed E-state index contributed by atoms with van der Waals surface area (Å²) in [4.78, 5) is 14.7. The van der Waals surface area contributed by atoms with Gasteiger partial charge >= 0.3 is 0 Å². The average molecular weight is 485 g/mol. The number of carbonyl (C=O) groups excluding carboxylic acids is 1. The van der Waals surface area contributed by atoms with E-state index in [0.29, 0.717) is 43.5 Å². The lowest BCUT2D eigenvalue weighted by Crippen LogP contribution is -2.32. The molecule has 1 N–H and O–H groups in total. The molecule has 0 saturated carbocycles. The van der Waals surface area contributed by atoms with Crippen molar-refractivity contribution < 1.29 is 27.1 Å². The molecular formula is C25H25FN2O5S. The molecule has 0 unspecified atom stereocenters. The Labute approximate surface area is 198 Å². The highest BCUT2D eigenvalue weighted by Gasteiger charge is 2.20. The molecule has 1 heterocycles. The van der Waals surface area contributed by atoms with E-state index < -0.39 is 15.8 Å². The van der Waals surface area contributed by atoms with Crippen molar-refractivity contribution in [1.82, 2.24) is 4.90 Å². The molecule has 0 radical (unpaired) electrons. The second kappa shape index (κ2) is 10.1. The van der Waals surface area contributed by atoms with Crippen molar-refractivity contribution in [3.63, 3.8) is 0 Å². The molecule has 7 nitrogen and oxygen atoms in total. The predicted octanol–water partition coefficient (Wildman–Crippen LogP) is 3.99. The molecule has 1 aliphatic heterocycles. The number of para-hydroxylation sites is 1. The highest BCUT2D eigenvalue weighted by Crippen LogP contribution is 2.34. The number of fused-ring (bicyclic) bond motifs is 1. The van der Waals surface area contributed by atoms with Gasteiger partial charge in [0.05, 0.1) is 11.3 Å². The van der Waals surface area contributed by atoms with Crippen LogP contribution in [0.25, 0.3) is 0 Å². The van der Waals surface area contributed by atoms with Gasteiger partial charge in [0, 0.05) is 24.3 Å². The standard InChI is InChI=1S/C25H25FN2O5S/c1-2-28(17-19-4-3-5-23-25(19)33-15-14-32-23)24(29)16-18-6-10-21(11-7-18)27-34(30,31)22-12-8-20(26)9-13-22/h3-13,27H,2,14-17H2,1H3. The molecule has 178 valence electrons. The van der Waals surface area contributed by atoms with E-state index in [1.54, 1.807) is 29.2 Å². The van der Waals surface area contributed by atoms with E-state index in [1.165, 1.54) is 12.1 Å². The highest BCUT2D eigenvalue weighted by molar-refractivity contribution is 7.92. The molecule has 1 aliphatic rings. The summed E-state index contributed by atoms with van der Waals surface area (Å²) in [6.45, 7) is 3.82. The fraction of sp³-hybridized carbons (Fsp3) is 0.240. The molecule has 0 aromatic heterocycles. The number of nitrogens with zero attached hydrogens (tertiary/aromatic N) is 1. The Morgan fingerprint density at radius 1 is 1.00 bits per heavy atom. The first-order chi connectivity index (χ1) is 16.4. The van der Waals surface area contributed by atoms with Crippen LogP contribution >= 0.6 is 0 Å². The van der Waals surface area contributed by atoms with Crippen LogP contribution in [0.5, 0.6) is 11.5 Å². The zero-order valence-corrected chi connectivity index (χ0v) is 19.5. The largest absolute Gasteiger partial charge is 0.486 e. The fourth-order valence-electron chi connectivity index (χ4n) is 3.65. The molecule has 0 aliphatic carbocycles. The van der Waals surface area contributed by atoms with Gasteiger partial charge in [-0.05, 0) is 55.0 Å². The number of benzene rings is 3. The Balaban J connectivity index is 1.40. The van der Waals surface area contributed by atoms with Crippen molar-refractivity contribution in [2.45, 2.75) is 24.8 Å². The lowest BCUT2D eigenvalue weighted by atomic mass is 10.1. The summed E-state index contributed by atoms with van der Waals surface area (Å²) >= 11 is 0. The van der Waals surface area contributed by atoms with Gasteiger partial charge in [-0.1, -0.05) is 24.3 Å². The summed E-state index contributed by atoms with van der Waals surface area (Å²) in [6, 6.07) is 16.8. The number of hydrogen-bond donors (Lipinski definition) is 1. The van der Waals surface area contributed by atoms with Crippen LogP contribution in [-0.4, -0.2) is 39.0 Å². The highest BCUT2D eigenvalue weighted by atomic mass is 32.2. The van der Waals surface area contributed by atoms with Crippen LogP contribution in [0, 0.1) is 5.82 Å². The van der Waals surface area contributed by atoms with Crippen molar-refractivity contribution in [2.75, 3.05) is 24.5 Å². The van der Waals surface area contributed by atoms with Crippen LogP contribution < -0.4 is 14.2 Å². The minimum absolute atomic E-state index is 0.0378. The summed E-state index contributed by atoms with van der Waals surface area (Å²) in [6.07, 6.45) is 0.172. The fourth-order valence-corrected chi connectivity index (χ4v) is 4.70. The number of amides is 1. The van der Waals surface area contributed by atoms with E-state index in [9.17, 15) is 17.6 Å². The Kier molecular flexibility index (Phi) is 7.02. The van der Waals surface area contributed by atoms with Crippen LogP contribution in [-0.2, 0) is 27.8 Å². The van der Waals surface area contributed by atoms with Crippen molar-refractivity contribution in [2.24, 2.45) is 0 Å². The smallest absolute Gasteiger partial charge is 0.261 e. The number of hydrogen-bond acceptors (Lipinski definition) is 5. The molecule has 3 aromatic carbocycles. The zero-order chi connectivity index (χ0) is 24.1. The molecule has 0 fully saturated rings. The van der Waals surface area contributed by atoms with Gasteiger partial charge in [0.15, 0.2) is 11.5 Å². The number of carbonyl (C=O) groups is 1. The molecule has 0 atom stereocenters. The first kappa shape index (κ1) is 23.6. The topological polar surface area (TPSA) is 84.9 Å². The van der Waals surface area contributed by atoms with Gasteiger partial charge in [0.25, 0.3) is 10.0 Å². The molecule has 3 aromatic rings. The number of ether oxygens (including phenoxy) is 2. The van der Waals surface area contributed by atoms with E-state index >= 15 is 0 Å². The summed E-state index contributed by atoms with van der Waals surface area (Å²) in [7, 11) is -3.84. The van der Waals surface area contributed by atoms with E-state index in [1.807, 2.05) is 25.1 Å². The van der Waals surface area contributed by atoms with Gasteiger partial charge in [-0.3, -0.25) is 9.52 Å². The van der Waals surface area contributed by atoms with Gasteiger partial charge in [-0.2, -0.15) is 0 Å². The number of sulfonamides is 1. The monoisotopic (exact) mass is 484 g/mol. The van der Waals surface area contributed by atoms with Crippen molar-refractivity contribution in [3.8, 4) is 11.5 Å². The van der Waals surface area contributed by atoms with Crippen LogP contribution in [0.2, 0.25) is 0 Å². The Morgan fingerprint density at radius 3 is 2.41 bits per heavy atom. The average Bonchev–Trinajstić information content (AvgIpc) is 2.84. The minimum Gasteiger partial charge on any atom is -0.486 e. The Morgan fingerprint density at radius 2 is 1.71 bits per heavy atom. The molecule has 0 bridgehead atoms. The van der Waals surface area contributed by atoms with Gasteiger partial charge in [-0.15, -0.1) is 0 Å². The van der Waals surface area contributed by atoms with Gasteiger partial charge < -0.3 is 14.4 Å². The summed E-state index contributed by atoms with van der Waals surface area (Å²) in [5, 5.41) is 0. The maximum atomic E-state index is 13.1. The second-order valence-corrected chi connectivity index (χ2v) is 9.46. The van der Waals surface area contributed by atoms with Crippen molar-refractivity contribution in [3.05, 3.63) is 83.7 Å². The number of nitrogens with one attached hydrogen (secondary N) is 1. The van der Waals surface area contributed by atoms with Crippen LogP contribution in [0.4, 0.5) is 10.1 Å². The molecule has 0 spiro atoms. The molecule has 34 heavy (non-hydrogen) atoms. The maximum absolute atomic E-state index is 13.1. The first-order valence-electron chi connectivity index (χ1n) is 10.9. The summed E-state index contributed by atoms with van der Waals surface area (Å²) in [5.41, 5.74) is 1.99. The molecule has 9 heteroatoms. The molecule has 1 amide bonds. The SMILES string of the molecule is CCN(Cc1cccc2c1OCCO2)C(=O)Cc1ccc(NS(=O)(=O)c2ccc(F)cc2)cc1. The van der Waals surface area contributed by atoms with Crippen LogP contribution in [0.3, 0.4) is 0 Å². The maximum Gasteiger partial charge on any atom is 0.261 e. The third kappa shape index (κ3) is 5.48. The van der Waals surface area contributed by atoms with Crippen LogP contribution in [0.15, 0.2) is 71.6 Å². The Hall–Kier alpha value is -3.59. The van der Waals surface area contributed by atoms with E-state index in [4.69, 9.17) is 9.47 Å². The zero-order valence-electron chi connectivity index (χ0n) is 18.7. The quantitative estimate of drug-likeness (QED) is 0.523. The van der Waals surface area contributed by atoms with Gasteiger partial charge in [0.2, 0.25) is 5.91 Å². The van der Waals surface area contributed by atoms with E-state index in [2.05, 4.69) is 4.72 Å². The van der Waals surface area contributed by atoms with Crippen molar-refractivity contribution in [1.29, 1.82) is 0 Å². The second-order valence-electron chi connectivity index (χ2n) is 7.78. The minimum atomic E-state index is -3.84. The third-order valence-corrected chi connectivity index (χ3v) is 6.83. The number of anilines is 1. The summed E-state index contributed by atoms with van der Waals surface area (Å²) in [5.74, 6) is 0.794. The van der Waals surface area contributed by atoms with Gasteiger partial charge in [-0.25, -0.2) is 12.8 Å². The summed E-state index contributed by atoms with van der Waals surface area (Å²) < 4.78 is 51.8. The van der Waals surface area contributed by atoms with E-state index in [0.717, 1.165) is 23.3 Å². The van der Waals surface area contributed by atoms with Gasteiger partial charge in [0.1, 0.15) is 19.0 Å². The molecule has 4 rings (SSSR count). The molecular weight excluding hydrogens is 459 g/mol. The number of rotatable bonds is 8. The predicted molar refractivity (Wildman–Crippen MR) is 126 cm³/mol. The lowest BCUT2D eigenvalue weighted by molar-refractivity contribution is -0.130. The van der Waals surface area contributed by atoms with E-state index in [-0.39, 0.29) is 17.2 Å². The van der Waals surface area contributed by atoms with Crippen molar-refractivity contribution >= 4 is 21.6 Å². The number of likely N-dealkylation sites (N-methyl/N-ethyl adjacent to an activating group) is 1. The Bertz CT molecular complexity index is 1260. The third-order valence-electron chi connectivity index (χ3n) is 5.43. The lowest BCUT2D eigenvalue weighted by Gasteiger charge is -2.25. The first-order valence-corrected chi connectivity index (χ1v) is 12.4. The molecule has 0 saturated heterocycles.